The number of fused-ring (bicyclic) bond motifs is 2. The Hall–Kier alpha value is -0.900. The highest BCUT2D eigenvalue weighted by Gasteiger charge is 2.65. The number of aliphatic hydroxyl groups is 2. The summed E-state index contributed by atoms with van der Waals surface area (Å²) in [4.78, 5) is 2.00. The normalized spacial score (nSPS) is 35.4. The molecule has 3 fully saturated rings. The summed E-state index contributed by atoms with van der Waals surface area (Å²) in [5.74, 6) is 0.741. The Balaban J connectivity index is 0.00000324. The zero-order valence-electron chi connectivity index (χ0n) is 21.0. The lowest BCUT2D eigenvalue weighted by Gasteiger charge is -2.47. The molecule has 3 aliphatic rings. The second-order valence-corrected chi connectivity index (χ2v) is 13.3. The van der Waals surface area contributed by atoms with Gasteiger partial charge in [0.15, 0.2) is 0 Å². The molecule has 4 rings (SSSR count). The minimum absolute atomic E-state index is 0. The Bertz CT molecular complexity index is 987. The molecule has 0 spiro atoms. The van der Waals surface area contributed by atoms with Crippen molar-refractivity contribution in [3.63, 3.8) is 0 Å². The second kappa shape index (κ2) is 9.52. The summed E-state index contributed by atoms with van der Waals surface area (Å²) in [6, 6.07) is 7.45. The summed E-state index contributed by atoms with van der Waals surface area (Å²) in [5, 5.41) is 22.7. The van der Waals surface area contributed by atoms with Crippen molar-refractivity contribution >= 4 is 22.4 Å². The Morgan fingerprint density at radius 2 is 1.94 bits per heavy atom. The average Bonchev–Trinajstić information content (AvgIpc) is 3.09. The summed E-state index contributed by atoms with van der Waals surface area (Å²) in [7, 11) is 1.87. The predicted molar refractivity (Wildman–Crippen MR) is 136 cm³/mol. The molecule has 1 aromatic carbocycles. The van der Waals surface area contributed by atoms with Crippen LogP contribution in [-0.2, 0) is 15.6 Å². The van der Waals surface area contributed by atoms with Crippen molar-refractivity contribution in [1.82, 2.24) is 9.21 Å². The number of aliphatic hydroxyl groups excluding tert-OH is 1. The average molecular weight is 517 g/mol. The number of benzene rings is 1. The van der Waals surface area contributed by atoms with Crippen LogP contribution in [0.4, 0.5) is 0 Å². The van der Waals surface area contributed by atoms with Gasteiger partial charge in [0.25, 0.3) is 0 Å². The zero-order chi connectivity index (χ0) is 24.2. The summed E-state index contributed by atoms with van der Waals surface area (Å²) < 4.78 is 34.4. The topological polar surface area (TPSA) is 90.3 Å². The fourth-order valence-electron chi connectivity index (χ4n) is 6.96. The molecule has 7 nitrogen and oxygen atoms in total. The maximum absolute atomic E-state index is 13.7. The minimum Gasteiger partial charge on any atom is -0.497 e. The molecule has 2 saturated carbocycles. The number of methoxy groups -OCH3 is 1. The largest absolute Gasteiger partial charge is 0.497 e. The molecule has 0 amide bonds. The minimum atomic E-state index is -3.61. The van der Waals surface area contributed by atoms with Crippen LogP contribution in [0.5, 0.6) is 5.75 Å². The third-order valence-corrected chi connectivity index (χ3v) is 11.2. The molecule has 1 aliphatic heterocycles. The van der Waals surface area contributed by atoms with Gasteiger partial charge in [0.05, 0.1) is 24.6 Å². The summed E-state index contributed by atoms with van der Waals surface area (Å²) >= 11 is 0. The van der Waals surface area contributed by atoms with E-state index in [9.17, 15) is 18.6 Å². The highest BCUT2D eigenvalue weighted by Crippen LogP contribution is 2.66. The third kappa shape index (κ3) is 4.39. The van der Waals surface area contributed by atoms with E-state index in [2.05, 4.69) is 13.8 Å². The van der Waals surface area contributed by atoms with Crippen LogP contribution in [0.1, 0.15) is 45.1 Å². The van der Waals surface area contributed by atoms with E-state index in [4.69, 9.17) is 4.74 Å². The van der Waals surface area contributed by atoms with Crippen LogP contribution in [0.25, 0.3) is 0 Å². The molecule has 2 aliphatic carbocycles. The van der Waals surface area contributed by atoms with Gasteiger partial charge in [0, 0.05) is 31.0 Å². The van der Waals surface area contributed by atoms with Gasteiger partial charge in [-0.3, -0.25) is 0 Å². The van der Waals surface area contributed by atoms with Gasteiger partial charge in [0.2, 0.25) is 10.0 Å². The molecule has 1 aromatic rings. The molecular weight excluding hydrogens is 476 g/mol. The van der Waals surface area contributed by atoms with Gasteiger partial charge in [-0.05, 0) is 68.8 Å². The molecule has 5 atom stereocenters. The fourth-order valence-corrected chi connectivity index (χ4v) is 9.28. The molecule has 2 N–H and O–H groups in total. The van der Waals surface area contributed by atoms with Crippen molar-refractivity contribution in [2.45, 2.75) is 51.2 Å². The molecule has 194 valence electrons. The van der Waals surface area contributed by atoms with Gasteiger partial charge in [0.1, 0.15) is 5.75 Å². The molecule has 2 bridgehead atoms. The lowest BCUT2D eigenvalue weighted by atomic mass is 9.70. The van der Waals surface area contributed by atoms with Crippen molar-refractivity contribution < 1.29 is 23.4 Å². The molecular formula is C25H41ClN2O5S. The first-order valence-electron chi connectivity index (χ1n) is 12.0. The smallest absolute Gasteiger partial charge is 0.214 e. The van der Waals surface area contributed by atoms with E-state index in [1.807, 2.05) is 43.3 Å². The van der Waals surface area contributed by atoms with Crippen molar-refractivity contribution in [2.75, 3.05) is 46.6 Å². The number of sulfonamides is 1. The highest BCUT2D eigenvalue weighted by atomic mass is 35.5. The number of halogens is 1. The quantitative estimate of drug-likeness (QED) is 0.579. The molecule has 0 aromatic heterocycles. The van der Waals surface area contributed by atoms with Gasteiger partial charge in [-0.2, -0.15) is 0 Å². The number of nitrogens with zero attached hydrogens (tertiary/aromatic N) is 2. The monoisotopic (exact) mass is 516 g/mol. The Morgan fingerprint density at radius 3 is 2.50 bits per heavy atom. The van der Waals surface area contributed by atoms with Gasteiger partial charge in [-0.25, -0.2) is 12.7 Å². The van der Waals surface area contributed by atoms with E-state index in [1.54, 1.807) is 11.4 Å². The summed E-state index contributed by atoms with van der Waals surface area (Å²) in [5.41, 5.74) is -1.17. The van der Waals surface area contributed by atoms with Crippen LogP contribution in [0, 0.1) is 22.7 Å². The molecule has 34 heavy (non-hydrogen) atoms. The van der Waals surface area contributed by atoms with E-state index in [0.29, 0.717) is 31.1 Å². The van der Waals surface area contributed by atoms with E-state index >= 15 is 0 Å². The Morgan fingerprint density at radius 1 is 1.24 bits per heavy atom. The Labute approximate surface area is 210 Å². The maximum Gasteiger partial charge on any atom is 0.214 e. The first-order chi connectivity index (χ1) is 15.4. The highest BCUT2D eigenvalue weighted by molar-refractivity contribution is 7.89. The van der Waals surface area contributed by atoms with Gasteiger partial charge in [-0.15, -0.1) is 12.4 Å². The third-order valence-electron chi connectivity index (χ3n) is 9.22. The van der Waals surface area contributed by atoms with Gasteiger partial charge < -0.3 is 19.8 Å². The van der Waals surface area contributed by atoms with Crippen LogP contribution in [0.3, 0.4) is 0 Å². The molecule has 1 heterocycles. The Kier molecular flexibility index (Phi) is 7.75. The van der Waals surface area contributed by atoms with Crippen molar-refractivity contribution in [3.8, 4) is 5.75 Å². The predicted octanol–water partition coefficient (Wildman–Crippen LogP) is 2.71. The van der Waals surface area contributed by atoms with Crippen molar-refractivity contribution in [2.24, 2.45) is 22.7 Å². The van der Waals surface area contributed by atoms with E-state index in [0.717, 1.165) is 18.4 Å². The van der Waals surface area contributed by atoms with E-state index < -0.39 is 27.1 Å². The number of hydrogen-bond donors (Lipinski definition) is 2. The molecule has 9 heteroatoms. The number of ether oxygens (including phenoxy) is 1. The maximum atomic E-state index is 13.7. The van der Waals surface area contributed by atoms with Crippen LogP contribution in [-0.4, -0.2) is 80.5 Å². The van der Waals surface area contributed by atoms with E-state index in [-0.39, 0.29) is 42.6 Å². The van der Waals surface area contributed by atoms with Crippen LogP contribution in [0.2, 0.25) is 0 Å². The van der Waals surface area contributed by atoms with Crippen LogP contribution >= 0.6 is 12.4 Å². The summed E-state index contributed by atoms with van der Waals surface area (Å²) in [6.07, 6.45) is 2.18. The molecule has 3 unspecified atom stereocenters. The number of hydrogen-bond acceptors (Lipinski definition) is 6. The van der Waals surface area contributed by atoms with Gasteiger partial charge in [-0.1, -0.05) is 26.0 Å². The lowest BCUT2D eigenvalue weighted by Crippen LogP contribution is -2.56. The molecule has 1 saturated heterocycles. The van der Waals surface area contributed by atoms with Gasteiger partial charge >= 0.3 is 0 Å². The first-order valence-corrected chi connectivity index (χ1v) is 13.6. The number of piperidine rings is 1. The summed E-state index contributed by atoms with van der Waals surface area (Å²) in [6.45, 7) is 5.33. The van der Waals surface area contributed by atoms with Crippen LogP contribution in [0.15, 0.2) is 24.3 Å². The van der Waals surface area contributed by atoms with Crippen molar-refractivity contribution in [1.29, 1.82) is 0 Å². The van der Waals surface area contributed by atoms with Crippen LogP contribution < -0.4 is 4.74 Å². The fraction of sp³-hybridized carbons (Fsp3) is 0.760. The standard InChI is InChI=1S/C25H40N2O5S.ClH/c1-23(2)18-9-10-24(23,22(28)14-18)17-33(30,31)27-12-11-25(29,20(16-27)15-26(3)4)19-7-6-8-21(13-19)32-5;/h6-8,13,18,20,22,28-29H,9-12,14-17H2,1-5H3;1H/t18-,20?,22?,24-,25?;/m0./s1. The lowest BCUT2D eigenvalue weighted by molar-refractivity contribution is -0.0703. The van der Waals surface area contributed by atoms with Crippen molar-refractivity contribution in [3.05, 3.63) is 29.8 Å². The zero-order valence-corrected chi connectivity index (χ0v) is 22.7. The molecule has 0 radical (unpaired) electrons. The number of rotatable bonds is 7. The first kappa shape index (κ1) is 27.7. The SMILES string of the molecule is COc1cccc(C2(O)CCN(S(=O)(=O)C[C@@]34CC[C@@H](CC3O)C4(C)C)CC2CN(C)C)c1.Cl. The second-order valence-electron chi connectivity index (χ2n) is 11.3. The van der Waals surface area contributed by atoms with E-state index in [1.165, 1.54) is 0 Å².